The maximum Gasteiger partial charge on any atom is 0.248 e. The van der Waals surface area contributed by atoms with Gasteiger partial charge in [0.05, 0.1) is 0 Å². The number of likely N-dealkylation sites (tertiary alicyclic amines) is 1. The summed E-state index contributed by atoms with van der Waals surface area (Å²) in [5.41, 5.74) is 0.701. The maximum atomic E-state index is 12.1. The fourth-order valence-electron chi connectivity index (χ4n) is 4.02. The number of hydrogen-bond donors (Lipinski definition) is 0. The third-order valence-electron chi connectivity index (χ3n) is 4.16. The van der Waals surface area contributed by atoms with Crippen LogP contribution in [0.15, 0.2) is 0 Å². The standard InChI is InChI=1S/C14H25NO2/c1-5-17-8-12(16)15-10-14(4)7-11(15)6-13(2,3)9-14/h11H,5-10H2,1-4H3. The molecule has 0 radical (unpaired) electrons. The normalized spacial score (nSPS) is 35.1. The lowest BCUT2D eigenvalue weighted by Gasteiger charge is -2.39. The van der Waals surface area contributed by atoms with E-state index in [1.165, 1.54) is 12.8 Å². The van der Waals surface area contributed by atoms with Gasteiger partial charge in [0.15, 0.2) is 0 Å². The highest BCUT2D eigenvalue weighted by molar-refractivity contribution is 5.78. The van der Waals surface area contributed by atoms with Crippen LogP contribution in [0.3, 0.4) is 0 Å². The van der Waals surface area contributed by atoms with Gasteiger partial charge in [-0.05, 0) is 37.0 Å². The van der Waals surface area contributed by atoms with Crippen LogP contribution >= 0.6 is 0 Å². The zero-order valence-electron chi connectivity index (χ0n) is 11.6. The fourth-order valence-corrected chi connectivity index (χ4v) is 4.02. The summed E-state index contributed by atoms with van der Waals surface area (Å²) in [5.74, 6) is 0.179. The molecule has 1 heterocycles. The lowest BCUT2D eigenvalue weighted by atomic mass is 9.65. The smallest absolute Gasteiger partial charge is 0.248 e. The molecule has 17 heavy (non-hydrogen) atoms. The summed E-state index contributed by atoms with van der Waals surface area (Å²) < 4.78 is 5.25. The highest BCUT2D eigenvalue weighted by Crippen LogP contribution is 2.52. The number of amides is 1. The Labute approximate surface area is 105 Å². The number of fused-ring (bicyclic) bond motifs is 2. The molecule has 1 aliphatic heterocycles. The molecule has 2 unspecified atom stereocenters. The van der Waals surface area contributed by atoms with Crippen molar-refractivity contribution in [2.75, 3.05) is 19.8 Å². The van der Waals surface area contributed by atoms with Gasteiger partial charge in [0.1, 0.15) is 6.61 Å². The zero-order chi connectivity index (χ0) is 12.7. The van der Waals surface area contributed by atoms with E-state index in [-0.39, 0.29) is 12.5 Å². The minimum absolute atomic E-state index is 0.179. The number of hydrogen-bond acceptors (Lipinski definition) is 2. The largest absolute Gasteiger partial charge is 0.372 e. The lowest BCUT2D eigenvalue weighted by molar-refractivity contribution is -0.137. The molecule has 2 fully saturated rings. The second-order valence-electron chi connectivity index (χ2n) is 6.87. The molecule has 1 aliphatic carbocycles. The van der Waals surface area contributed by atoms with Gasteiger partial charge in [-0.15, -0.1) is 0 Å². The summed E-state index contributed by atoms with van der Waals surface area (Å²) in [6, 6.07) is 0.441. The average Bonchev–Trinajstić information content (AvgIpc) is 2.44. The summed E-state index contributed by atoms with van der Waals surface area (Å²) in [6.07, 6.45) is 3.55. The van der Waals surface area contributed by atoms with Crippen molar-refractivity contribution in [2.45, 2.75) is 53.0 Å². The third kappa shape index (κ3) is 2.65. The van der Waals surface area contributed by atoms with Crippen molar-refractivity contribution in [3.05, 3.63) is 0 Å². The molecule has 98 valence electrons. The predicted octanol–water partition coefficient (Wildman–Crippen LogP) is 2.45. The molecule has 1 saturated heterocycles. The zero-order valence-corrected chi connectivity index (χ0v) is 11.6. The van der Waals surface area contributed by atoms with E-state index in [4.69, 9.17) is 4.74 Å². The van der Waals surface area contributed by atoms with E-state index in [0.29, 0.717) is 23.5 Å². The average molecular weight is 239 g/mol. The molecular formula is C14H25NO2. The molecule has 3 nitrogen and oxygen atoms in total. The van der Waals surface area contributed by atoms with Gasteiger partial charge in [0.25, 0.3) is 0 Å². The van der Waals surface area contributed by atoms with E-state index in [1.54, 1.807) is 0 Å². The van der Waals surface area contributed by atoms with Crippen molar-refractivity contribution in [2.24, 2.45) is 10.8 Å². The van der Waals surface area contributed by atoms with Crippen molar-refractivity contribution in [3.63, 3.8) is 0 Å². The van der Waals surface area contributed by atoms with E-state index in [0.717, 1.165) is 13.0 Å². The Kier molecular flexibility index (Phi) is 3.23. The summed E-state index contributed by atoms with van der Waals surface area (Å²) in [6.45, 7) is 10.7. The molecular weight excluding hydrogens is 214 g/mol. The van der Waals surface area contributed by atoms with Gasteiger partial charge in [-0.2, -0.15) is 0 Å². The van der Waals surface area contributed by atoms with Gasteiger partial charge < -0.3 is 9.64 Å². The molecule has 2 bridgehead atoms. The molecule has 0 N–H and O–H groups in total. The van der Waals surface area contributed by atoms with Crippen molar-refractivity contribution >= 4 is 5.91 Å². The number of nitrogens with zero attached hydrogens (tertiary/aromatic N) is 1. The molecule has 0 aromatic heterocycles. The Bertz CT molecular complexity index is 313. The highest BCUT2D eigenvalue weighted by atomic mass is 16.5. The van der Waals surface area contributed by atoms with Crippen LogP contribution in [0.25, 0.3) is 0 Å². The van der Waals surface area contributed by atoms with E-state index in [2.05, 4.69) is 25.7 Å². The second kappa shape index (κ2) is 4.27. The van der Waals surface area contributed by atoms with Crippen LogP contribution in [0, 0.1) is 10.8 Å². The Morgan fingerprint density at radius 3 is 2.71 bits per heavy atom. The maximum absolute atomic E-state index is 12.1. The van der Waals surface area contributed by atoms with Crippen LogP contribution in [0.1, 0.15) is 47.0 Å². The minimum Gasteiger partial charge on any atom is -0.372 e. The minimum atomic E-state index is 0.179. The van der Waals surface area contributed by atoms with Crippen LogP contribution in [0.2, 0.25) is 0 Å². The second-order valence-corrected chi connectivity index (χ2v) is 6.87. The SMILES string of the molecule is CCOCC(=O)N1CC2(C)CC1CC(C)(C)C2. The van der Waals surface area contributed by atoms with Crippen LogP contribution in [-0.2, 0) is 9.53 Å². The summed E-state index contributed by atoms with van der Waals surface area (Å²) in [7, 11) is 0. The Morgan fingerprint density at radius 1 is 1.35 bits per heavy atom. The third-order valence-corrected chi connectivity index (χ3v) is 4.16. The van der Waals surface area contributed by atoms with Crippen LogP contribution in [-0.4, -0.2) is 36.6 Å². The Hall–Kier alpha value is -0.570. The van der Waals surface area contributed by atoms with Crippen LogP contribution in [0.4, 0.5) is 0 Å². The number of carbonyl (C=O) groups excluding carboxylic acids is 1. The Morgan fingerprint density at radius 2 is 2.06 bits per heavy atom. The number of rotatable bonds is 3. The van der Waals surface area contributed by atoms with Gasteiger partial charge in [0, 0.05) is 19.2 Å². The summed E-state index contributed by atoms with van der Waals surface area (Å²) in [5, 5.41) is 0. The molecule has 2 aliphatic rings. The first kappa shape index (κ1) is 12.9. The highest BCUT2D eigenvalue weighted by Gasteiger charge is 2.50. The molecule has 0 aromatic rings. The van der Waals surface area contributed by atoms with Crippen molar-refractivity contribution < 1.29 is 9.53 Å². The molecule has 1 saturated carbocycles. The van der Waals surface area contributed by atoms with Crippen molar-refractivity contribution in [3.8, 4) is 0 Å². The van der Waals surface area contributed by atoms with Crippen molar-refractivity contribution in [1.29, 1.82) is 0 Å². The first-order valence-corrected chi connectivity index (χ1v) is 6.72. The summed E-state index contributed by atoms with van der Waals surface area (Å²) in [4.78, 5) is 14.2. The van der Waals surface area contributed by atoms with Gasteiger partial charge in [-0.3, -0.25) is 4.79 Å². The molecule has 3 heteroatoms. The van der Waals surface area contributed by atoms with Crippen LogP contribution in [0.5, 0.6) is 0 Å². The van der Waals surface area contributed by atoms with E-state index >= 15 is 0 Å². The molecule has 2 rings (SSSR count). The molecule has 1 amide bonds. The number of carbonyl (C=O) groups is 1. The van der Waals surface area contributed by atoms with Gasteiger partial charge in [0.2, 0.25) is 5.91 Å². The predicted molar refractivity (Wildman–Crippen MR) is 67.7 cm³/mol. The first-order valence-electron chi connectivity index (χ1n) is 6.72. The molecule has 0 aromatic carbocycles. The fraction of sp³-hybridized carbons (Fsp3) is 0.929. The van der Waals surface area contributed by atoms with E-state index < -0.39 is 0 Å². The monoisotopic (exact) mass is 239 g/mol. The topological polar surface area (TPSA) is 29.5 Å². The van der Waals surface area contributed by atoms with E-state index in [9.17, 15) is 4.79 Å². The van der Waals surface area contributed by atoms with Gasteiger partial charge in [-0.25, -0.2) is 0 Å². The van der Waals surface area contributed by atoms with Gasteiger partial charge in [-0.1, -0.05) is 20.8 Å². The Balaban J connectivity index is 2.05. The summed E-state index contributed by atoms with van der Waals surface area (Å²) >= 11 is 0. The quantitative estimate of drug-likeness (QED) is 0.757. The van der Waals surface area contributed by atoms with E-state index in [1.807, 2.05) is 6.92 Å². The first-order chi connectivity index (χ1) is 7.85. The van der Waals surface area contributed by atoms with Crippen LogP contribution < -0.4 is 0 Å². The lowest BCUT2D eigenvalue weighted by Crippen LogP contribution is -2.39. The van der Waals surface area contributed by atoms with Gasteiger partial charge >= 0.3 is 0 Å². The molecule has 0 spiro atoms. The number of ether oxygens (including phenoxy) is 1. The molecule has 2 atom stereocenters. The van der Waals surface area contributed by atoms with Crippen molar-refractivity contribution in [1.82, 2.24) is 4.90 Å².